The van der Waals surface area contributed by atoms with Gasteiger partial charge in [-0.15, -0.1) is 0 Å². The van der Waals surface area contributed by atoms with E-state index >= 15 is 0 Å². The van der Waals surface area contributed by atoms with Crippen molar-refractivity contribution in [1.82, 2.24) is 5.32 Å². The van der Waals surface area contributed by atoms with Crippen LogP contribution < -0.4 is 11.1 Å². The molecule has 0 saturated heterocycles. The predicted octanol–water partition coefficient (Wildman–Crippen LogP) is 2.14. The number of rotatable bonds is 4. The number of hydrogen-bond acceptors (Lipinski definition) is 2. The van der Waals surface area contributed by atoms with Crippen LogP contribution in [0.15, 0.2) is 18.2 Å². The van der Waals surface area contributed by atoms with Gasteiger partial charge in [-0.1, -0.05) is 35.3 Å². The van der Waals surface area contributed by atoms with E-state index in [1.165, 1.54) is 0 Å². The summed E-state index contributed by atoms with van der Waals surface area (Å²) >= 11 is 11.9. The molecule has 1 fully saturated rings. The number of carbonyl (C=O) groups is 1. The van der Waals surface area contributed by atoms with E-state index in [0.29, 0.717) is 23.0 Å². The van der Waals surface area contributed by atoms with Gasteiger partial charge in [0, 0.05) is 6.54 Å². The SMILES string of the molecule is NC1(C(=O)NCCc2cccc(Cl)c2Cl)CC1. The van der Waals surface area contributed by atoms with Crippen molar-refractivity contribution in [1.29, 1.82) is 0 Å². The molecule has 1 aliphatic carbocycles. The third kappa shape index (κ3) is 2.92. The molecule has 3 N–H and O–H groups in total. The fourth-order valence-electron chi connectivity index (χ4n) is 1.59. The van der Waals surface area contributed by atoms with Gasteiger partial charge in [0.25, 0.3) is 0 Å². The van der Waals surface area contributed by atoms with Gasteiger partial charge in [-0.3, -0.25) is 4.79 Å². The lowest BCUT2D eigenvalue weighted by Crippen LogP contribution is -2.43. The average Bonchev–Trinajstić information content (AvgIpc) is 3.04. The summed E-state index contributed by atoms with van der Waals surface area (Å²) in [4.78, 5) is 11.6. The molecule has 2 rings (SSSR count). The minimum atomic E-state index is -0.613. The van der Waals surface area contributed by atoms with E-state index in [-0.39, 0.29) is 5.91 Å². The Morgan fingerprint density at radius 2 is 2.12 bits per heavy atom. The van der Waals surface area contributed by atoms with E-state index in [0.717, 1.165) is 18.4 Å². The van der Waals surface area contributed by atoms with E-state index in [2.05, 4.69) is 5.32 Å². The van der Waals surface area contributed by atoms with Gasteiger partial charge in [0.1, 0.15) is 0 Å². The van der Waals surface area contributed by atoms with Crippen LogP contribution in [-0.4, -0.2) is 18.0 Å². The van der Waals surface area contributed by atoms with E-state index in [9.17, 15) is 4.79 Å². The number of benzene rings is 1. The van der Waals surface area contributed by atoms with E-state index in [1.807, 2.05) is 12.1 Å². The monoisotopic (exact) mass is 272 g/mol. The summed E-state index contributed by atoms with van der Waals surface area (Å²) in [7, 11) is 0. The van der Waals surface area contributed by atoms with Gasteiger partial charge in [-0.05, 0) is 30.9 Å². The topological polar surface area (TPSA) is 55.1 Å². The first-order valence-corrected chi connectivity index (χ1v) is 6.28. The van der Waals surface area contributed by atoms with Crippen LogP contribution in [0.3, 0.4) is 0 Å². The zero-order valence-corrected chi connectivity index (χ0v) is 10.8. The smallest absolute Gasteiger partial charge is 0.240 e. The highest BCUT2D eigenvalue weighted by atomic mass is 35.5. The zero-order chi connectivity index (χ0) is 12.5. The number of hydrogen-bond donors (Lipinski definition) is 2. The molecule has 1 saturated carbocycles. The number of amides is 1. The highest BCUT2D eigenvalue weighted by molar-refractivity contribution is 6.42. The summed E-state index contributed by atoms with van der Waals surface area (Å²) in [5.74, 6) is -0.0735. The van der Waals surface area contributed by atoms with Crippen molar-refractivity contribution >= 4 is 29.1 Å². The molecule has 17 heavy (non-hydrogen) atoms. The Morgan fingerprint density at radius 1 is 1.41 bits per heavy atom. The molecule has 0 unspecified atom stereocenters. The van der Waals surface area contributed by atoms with Gasteiger partial charge in [0.05, 0.1) is 15.6 Å². The third-order valence-electron chi connectivity index (χ3n) is 2.95. The normalized spacial score (nSPS) is 16.6. The Bertz CT molecular complexity index is 444. The van der Waals surface area contributed by atoms with E-state index in [1.54, 1.807) is 6.07 Å². The fourth-order valence-corrected chi connectivity index (χ4v) is 2.00. The molecule has 0 bridgehead atoms. The third-order valence-corrected chi connectivity index (χ3v) is 3.81. The van der Waals surface area contributed by atoms with Crippen LogP contribution in [0.2, 0.25) is 10.0 Å². The number of nitrogens with two attached hydrogens (primary N) is 1. The summed E-state index contributed by atoms with van der Waals surface area (Å²) in [5, 5.41) is 3.90. The van der Waals surface area contributed by atoms with Crippen molar-refractivity contribution in [3.63, 3.8) is 0 Å². The maximum atomic E-state index is 11.6. The van der Waals surface area contributed by atoms with Gasteiger partial charge in [0.15, 0.2) is 0 Å². The van der Waals surface area contributed by atoms with Crippen LogP contribution >= 0.6 is 23.2 Å². The quantitative estimate of drug-likeness (QED) is 0.883. The van der Waals surface area contributed by atoms with Crippen LogP contribution in [0, 0.1) is 0 Å². The Morgan fingerprint density at radius 3 is 2.76 bits per heavy atom. The second-order valence-electron chi connectivity index (χ2n) is 4.37. The van der Waals surface area contributed by atoms with Crippen LogP contribution in [0.1, 0.15) is 18.4 Å². The lowest BCUT2D eigenvalue weighted by Gasteiger charge is -2.10. The molecule has 0 aromatic heterocycles. The Balaban J connectivity index is 1.86. The van der Waals surface area contributed by atoms with Crippen LogP contribution in [0.5, 0.6) is 0 Å². The summed E-state index contributed by atoms with van der Waals surface area (Å²) in [5.41, 5.74) is 6.08. The molecule has 1 aliphatic rings. The maximum Gasteiger partial charge on any atom is 0.240 e. The van der Waals surface area contributed by atoms with Crippen LogP contribution in [-0.2, 0) is 11.2 Å². The average molecular weight is 273 g/mol. The first kappa shape index (κ1) is 12.7. The molecule has 1 aromatic carbocycles. The van der Waals surface area contributed by atoms with Gasteiger partial charge in [-0.2, -0.15) is 0 Å². The summed E-state index contributed by atoms with van der Waals surface area (Å²) in [6.07, 6.45) is 2.20. The largest absolute Gasteiger partial charge is 0.354 e. The second-order valence-corrected chi connectivity index (χ2v) is 5.16. The minimum Gasteiger partial charge on any atom is -0.354 e. The number of carbonyl (C=O) groups excluding carboxylic acids is 1. The summed E-state index contributed by atoms with van der Waals surface area (Å²) < 4.78 is 0. The van der Waals surface area contributed by atoms with Crippen LogP contribution in [0.25, 0.3) is 0 Å². The van der Waals surface area contributed by atoms with Crippen LogP contribution in [0.4, 0.5) is 0 Å². The molecule has 0 aliphatic heterocycles. The molecule has 3 nitrogen and oxygen atoms in total. The lowest BCUT2D eigenvalue weighted by molar-refractivity contribution is -0.123. The number of nitrogens with one attached hydrogen (secondary N) is 1. The number of halogens is 2. The molecular weight excluding hydrogens is 259 g/mol. The van der Waals surface area contributed by atoms with Crippen molar-refractivity contribution < 1.29 is 4.79 Å². The molecule has 0 heterocycles. The predicted molar refractivity (Wildman–Crippen MR) is 69.3 cm³/mol. The highest BCUT2D eigenvalue weighted by Gasteiger charge is 2.45. The molecule has 5 heteroatoms. The lowest BCUT2D eigenvalue weighted by atomic mass is 10.1. The fraction of sp³-hybridized carbons (Fsp3) is 0.417. The summed E-state index contributed by atoms with van der Waals surface area (Å²) in [6.45, 7) is 0.526. The highest BCUT2D eigenvalue weighted by Crippen LogP contribution is 2.32. The molecule has 1 aromatic rings. The standard InChI is InChI=1S/C12H14Cl2N2O/c13-9-3-1-2-8(10(9)14)4-7-16-11(17)12(15)5-6-12/h1-3H,4-7,15H2,(H,16,17). The minimum absolute atomic E-state index is 0.0735. The van der Waals surface area contributed by atoms with E-state index < -0.39 is 5.54 Å². The Labute approximate surface area is 110 Å². The molecule has 1 amide bonds. The van der Waals surface area contributed by atoms with Crippen molar-refractivity contribution in [2.75, 3.05) is 6.54 Å². The maximum absolute atomic E-state index is 11.6. The summed E-state index contributed by atoms with van der Waals surface area (Å²) in [6, 6.07) is 5.48. The second kappa shape index (κ2) is 4.84. The molecule has 92 valence electrons. The molecule has 0 radical (unpaired) electrons. The molecular formula is C12H14Cl2N2O. The zero-order valence-electron chi connectivity index (χ0n) is 9.30. The van der Waals surface area contributed by atoms with E-state index in [4.69, 9.17) is 28.9 Å². The van der Waals surface area contributed by atoms with Crippen molar-refractivity contribution in [3.05, 3.63) is 33.8 Å². The van der Waals surface area contributed by atoms with Gasteiger partial charge < -0.3 is 11.1 Å². The molecule has 0 spiro atoms. The Hall–Kier alpha value is -0.770. The van der Waals surface area contributed by atoms with Crippen molar-refractivity contribution in [3.8, 4) is 0 Å². The van der Waals surface area contributed by atoms with Gasteiger partial charge >= 0.3 is 0 Å². The van der Waals surface area contributed by atoms with Crippen molar-refractivity contribution in [2.45, 2.75) is 24.8 Å². The van der Waals surface area contributed by atoms with Gasteiger partial charge in [-0.25, -0.2) is 0 Å². The Kier molecular flexibility index (Phi) is 3.61. The first-order valence-electron chi connectivity index (χ1n) is 5.53. The molecule has 0 atom stereocenters. The van der Waals surface area contributed by atoms with Gasteiger partial charge in [0.2, 0.25) is 5.91 Å². The first-order chi connectivity index (χ1) is 8.03. The van der Waals surface area contributed by atoms with Crippen molar-refractivity contribution in [2.24, 2.45) is 5.73 Å².